The van der Waals surface area contributed by atoms with Crippen LogP contribution in [0.15, 0.2) is 0 Å². The third-order valence-electron chi connectivity index (χ3n) is 8.89. The molecular weight excluding hydrogens is 284 g/mol. The van der Waals surface area contributed by atoms with Gasteiger partial charge in [-0.25, -0.2) is 0 Å². The van der Waals surface area contributed by atoms with Crippen LogP contribution in [0.3, 0.4) is 0 Å². The smallest absolute Gasteiger partial charge is 0.0622 e. The van der Waals surface area contributed by atoms with E-state index in [9.17, 15) is 10.2 Å². The second-order valence-electron chi connectivity index (χ2n) is 10.1. The van der Waals surface area contributed by atoms with E-state index in [0.29, 0.717) is 11.3 Å². The molecule has 0 amide bonds. The highest BCUT2D eigenvalue weighted by molar-refractivity contribution is 5.07. The predicted molar refractivity (Wildman–Crippen MR) is 92.9 cm³/mol. The van der Waals surface area contributed by atoms with Crippen LogP contribution in [0.4, 0.5) is 0 Å². The van der Waals surface area contributed by atoms with Gasteiger partial charge in [-0.05, 0) is 113 Å². The van der Waals surface area contributed by atoms with Crippen molar-refractivity contribution in [1.29, 1.82) is 0 Å². The average molecular weight is 321 g/mol. The summed E-state index contributed by atoms with van der Waals surface area (Å²) in [6.07, 6.45) is 11.2. The van der Waals surface area contributed by atoms with E-state index in [4.69, 9.17) is 0 Å². The minimum Gasteiger partial charge on any atom is -0.393 e. The molecule has 0 bridgehead atoms. The van der Waals surface area contributed by atoms with Gasteiger partial charge in [0.25, 0.3) is 0 Å². The number of fused-ring (bicyclic) bond motifs is 5. The summed E-state index contributed by atoms with van der Waals surface area (Å²) >= 11 is 0. The van der Waals surface area contributed by atoms with Gasteiger partial charge in [0.1, 0.15) is 0 Å². The van der Waals surface area contributed by atoms with E-state index < -0.39 is 5.60 Å². The molecule has 23 heavy (non-hydrogen) atoms. The zero-order valence-corrected chi connectivity index (χ0v) is 15.3. The lowest BCUT2D eigenvalue weighted by Gasteiger charge is -2.57. The second-order valence-corrected chi connectivity index (χ2v) is 10.1. The van der Waals surface area contributed by atoms with Gasteiger partial charge in [0.15, 0.2) is 0 Å². The summed E-state index contributed by atoms with van der Waals surface area (Å²) in [5, 5.41) is 20.7. The molecule has 0 saturated heterocycles. The fourth-order valence-electron chi connectivity index (χ4n) is 7.91. The molecule has 4 aliphatic rings. The van der Waals surface area contributed by atoms with Gasteiger partial charge in [-0.2, -0.15) is 0 Å². The van der Waals surface area contributed by atoms with Crippen LogP contribution in [-0.4, -0.2) is 21.9 Å². The molecule has 0 aromatic heterocycles. The fraction of sp³-hybridized carbons (Fsp3) is 1.00. The third-order valence-corrected chi connectivity index (χ3v) is 8.89. The van der Waals surface area contributed by atoms with Gasteiger partial charge in [-0.15, -0.1) is 0 Å². The summed E-state index contributed by atoms with van der Waals surface area (Å²) < 4.78 is 0. The largest absolute Gasteiger partial charge is 0.393 e. The van der Waals surface area contributed by atoms with Crippen LogP contribution < -0.4 is 0 Å². The summed E-state index contributed by atoms with van der Waals surface area (Å²) in [7, 11) is 0. The number of hydrogen-bond acceptors (Lipinski definition) is 2. The standard InChI is InChI=1S/C21H36O2/c1-13(22)18-6-7-19-17-5-4-14-12-20(2,23)10-8-15(14)16(17)9-11-21(18,19)3/h13-19,22-23H,4-12H2,1-3H3/t13?,14-,15+,16-,17-,18-,19+,20-,21-/m1/s1. The molecule has 0 aromatic rings. The number of rotatable bonds is 1. The molecule has 4 saturated carbocycles. The highest BCUT2D eigenvalue weighted by atomic mass is 16.3. The van der Waals surface area contributed by atoms with Crippen LogP contribution >= 0.6 is 0 Å². The predicted octanol–water partition coefficient (Wildman–Crippen LogP) is 4.39. The molecule has 0 heterocycles. The first kappa shape index (κ1) is 16.4. The van der Waals surface area contributed by atoms with Crippen molar-refractivity contribution in [2.24, 2.45) is 40.9 Å². The maximum atomic E-state index is 10.5. The van der Waals surface area contributed by atoms with E-state index in [1.54, 1.807) is 0 Å². The van der Waals surface area contributed by atoms with Gasteiger partial charge < -0.3 is 10.2 Å². The van der Waals surface area contributed by atoms with Crippen LogP contribution in [0.25, 0.3) is 0 Å². The first-order chi connectivity index (χ1) is 10.8. The van der Waals surface area contributed by atoms with Crippen LogP contribution in [-0.2, 0) is 0 Å². The van der Waals surface area contributed by atoms with Crippen LogP contribution in [0.1, 0.15) is 78.6 Å². The lowest BCUT2D eigenvalue weighted by Crippen LogP contribution is -2.51. The Balaban J connectivity index is 1.54. The molecule has 4 rings (SSSR count). The van der Waals surface area contributed by atoms with Gasteiger partial charge >= 0.3 is 0 Å². The van der Waals surface area contributed by atoms with Crippen LogP contribution in [0.5, 0.6) is 0 Å². The van der Waals surface area contributed by atoms with E-state index in [1.165, 1.54) is 44.9 Å². The molecule has 2 N–H and O–H groups in total. The molecule has 1 unspecified atom stereocenters. The van der Waals surface area contributed by atoms with E-state index in [1.807, 2.05) is 6.92 Å². The topological polar surface area (TPSA) is 40.5 Å². The average Bonchev–Trinajstić information content (AvgIpc) is 2.83. The molecule has 4 aliphatic carbocycles. The highest BCUT2D eigenvalue weighted by Crippen LogP contribution is 2.65. The molecule has 0 aromatic carbocycles. The monoisotopic (exact) mass is 320 g/mol. The Morgan fingerprint density at radius 3 is 2.35 bits per heavy atom. The Morgan fingerprint density at radius 2 is 1.61 bits per heavy atom. The van der Waals surface area contributed by atoms with Crippen LogP contribution in [0, 0.1) is 40.9 Å². The van der Waals surface area contributed by atoms with Gasteiger partial charge in [-0.3, -0.25) is 0 Å². The summed E-state index contributed by atoms with van der Waals surface area (Å²) in [5.41, 5.74) is -0.00963. The molecule has 9 atom stereocenters. The minimum absolute atomic E-state index is 0.136. The number of aliphatic hydroxyl groups is 2. The van der Waals surface area contributed by atoms with Crippen molar-refractivity contribution in [2.45, 2.75) is 90.3 Å². The number of aliphatic hydroxyl groups excluding tert-OH is 1. The third kappa shape index (κ3) is 2.51. The van der Waals surface area contributed by atoms with Gasteiger partial charge in [0.2, 0.25) is 0 Å². The Hall–Kier alpha value is -0.0800. The first-order valence-corrected chi connectivity index (χ1v) is 10.2. The van der Waals surface area contributed by atoms with Crippen molar-refractivity contribution in [1.82, 2.24) is 0 Å². The molecule has 132 valence electrons. The maximum absolute atomic E-state index is 10.5. The van der Waals surface area contributed by atoms with Gasteiger partial charge in [0, 0.05) is 0 Å². The van der Waals surface area contributed by atoms with E-state index in [-0.39, 0.29) is 6.10 Å². The second kappa shape index (κ2) is 5.46. The Morgan fingerprint density at radius 1 is 0.870 bits per heavy atom. The van der Waals surface area contributed by atoms with Crippen molar-refractivity contribution < 1.29 is 10.2 Å². The summed E-state index contributed by atoms with van der Waals surface area (Å²) in [5.74, 6) is 4.85. The number of hydrogen-bond donors (Lipinski definition) is 2. The minimum atomic E-state index is -0.401. The molecular formula is C21H36O2. The molecule has 0 radical (unpaired) electrons. The van der Waals surface area contributed by atoms with E-state index in [2.05, 4.69) is 13.8 Å². The fourth-order valence-corrected chi connectivity index (χ4v) is 7.91. The first-order valence-electron chi connectivity index (χ1n) is 10.2. The van der Waals surface area contributed by atoms with Crippen molar-refractivity contribution >= 4 is 0 Å². The SMILES string of the molecule is CC(O)[C@H]1CC[C@H]2[C@@H]3CC[C@@H]4C[C@](C)(O)CC[C@@H]4[C@H]3CC[C@]12C. The molecule has 2 nitrogen and oxygen atoms in total. The maximum Gasteiger partial charge on any atom is 0.0622 e. The summed E-state index contributed by atoms with van der Waals surface area (Å²) in [6.45, 7) is 6.57. The zero-order chi connectivity index (χ0) is 16.4. The normalized spacial score (nSPS) is 57.3. The summed E-state index contributed by atoms with van der Waals surface area (Å²) in [6, 6.07) is 0. The Labute approximate surface area is 142 Å². The molecule has 2 heteroatoms. The lowest BCUT2D eigenvalue weighted by atomic mass is 9.49. The van der Waals surface area contributed by atoms with Gasteiger partial charge in [-0.1, -0.05) is 6.92 Å². The molecule has 0 spiro atoms. The van der Waals surface area contributed by atoms with Crippen molar-refractivity contribution in [2.75, 3.05) is 0 Å². The van der Waals surface area contributed by atoms with Crippen molar-refractivity contribution in [3.05, 3.63) is 0 Å². The Kier molecular flexibility index (Phi) is 3.89. The highest BCUT2D eigenvalue weighted by Gasteiger charge is 2.58. The van der Waals surface area contributed by atoms with E-state index in [0.717, 1.165) is 42.4 Å². The molecule has 0 aliphatic heterocycles. The molecule has 4 fully saturated rings. The van der Waals surface area contributed by atoms with Crippen molar-refractivity contribution in [3.8, 4) is 0 Å². The lowest BCUT2D eigenvalue weighted by molar-refractivity contribution is -0.106. The van der Waals surface area contributed by atoms with Gasteiger partial charge in [0.05, 0.1) is 11.7 Å². The zero-order valence-electron chi connectivity index (χ0n) is 15.3. The van der Waals surface area contributed by atoms with Crippen LogP contribution in [0.2, 0.25) is 0 Å². The Bertz CT molecular complexity index is 457. The quantitative estimate of drug-likeness (QED) is 0.752. The van der Waals surface area contributed by atoms with Crippen molar-refractivity contribution in [3.63, 3.8) is 0 Å². The summed E-state index contributed by atoms with van der Waals surface area (Å²) in [4.78, 5) is 0. The van der Waals surface area contributed by atoms with E-state index >= 15 is 0 Å².